The van der Waals surface area contributed by atoms with Gasteiger partial charge >= 0.3 is 0 Å². The molecule has 0 fully saturated rings. The number of pyridine rings is 2. The van der Waals surface area contributed by atoms with E-state index in [0.29, 0.717) is 23.5 Å². The van der Waals surface area contributed by atoms with Gasteiger partial charge < -0.3 is 9.80 Å². The molecule has 138 valence electrons. The van der Waals surface area contributed by atoms with Crippen LogP contribution >= 0.6 is 11.3 Å². The number of carbonyl (C=O) groups is 2. The Morgan fingerprint density at radius 3 is 2.00 bits per heavy atom. The molecule has 2 amide bonds. The Bertz CT molecular complexity index is 838. The van der Waals surface area contributed by atoms with Crippen LogP contribution in [0.2, 0.25) is 0 Å². The van der Waals surface area contributed by atoms with Crippen LogP contribution in [0.3, 0.4) is 0 Å². The summed E-state index contributed by atoms with van der Waals surface area (Å²) in [6.07, 6.45) is 6.87. The standard InChI is InChI=1S/C20H20N4O2S/c1-23(12-15-5-3-7-21-10-15)19(25)17-9-18(27-14-17)20(26)24(2)13-16-6-4-8-22-11-16/h3-11,14H,12-13H2,1-2H3. The van der Waals surface area contributed by atoms with Crippen molar-refractivity contribution in [3.05, 3.63) is 82.1 Å². The maximum Gasteiger partial charge on any atom is 0.263 e. The van der Waals surface area contributed by atoms with Crippen LogP contribution in [0.25, 0.3) is 0 Å². The van der Waals surface area contributed by atoms with Crippen molar-refractivity contribution in [1.82, 2.24) is 19.8 Å². The van der Waals surface area contributed by atoms with Crippen molar-refractivity contribution in [2.45, 2.75) is 13.1 Å². The summed E-state index contributed by atoms with van der Waals surface area (Å²) in [7, 11) is 3.48. The molecule has 3 rings (SSSR count). The van der Waals surface area contributed by atoms with Crippen molar-refractivity contribution in [2.24, 2.45) is 0 Å². The quantitative estimate of drug-likeness (QED) is 0.659. The van der Waals surface area contributed by atoms with Gasteiger partial charge in [0, 0.05) is 57.4 Å². The van der Waals surface area contributed by atoms with Gasteiger partial charge in [0.15, 0.2) is 0 Å². The Labute approximate surface area is 162 Å². The van der Waals surface area contributed by atoms with E-state index >= 15 is 0 Å². The zero-order valence-corrected chi connectivity index (χ0v) is 16.0. The average Bonchev–Trinajstić information content (AvgIpc) is 3.18. The van der Waals surface area contributed by atoms with Gasteiger partial charge in [-0.15, -0.1) is 11.3 Å². The van der Waals surface area contributed by atoms with Crippen LogP contribution < -0.4 is 0 Å². The van der Waals surface area contributed by atoms with Gasteiger partial charge in [0.2, 0.25) is 0 Å². The van der Waals surface area contributed by atoms with Crippen molar-refractivity contribution in [3.8, 4) is 0 Å². The summed E-state index contributed by atoms with van der Waals surface area (Å²) in [6.45, 7) is 0.932. The minimum absolute atomic E-state index is 0.113. The van der Waals surface area contributed by atoms with Gasteiger partial charge in [-0.25, -0.2) is 0 Å². The molecule has 0 atom stereocenters. The van der Waals surface area contributed by atoms with Gasteiger partial charge in [0.25, 0.3) is 11.8 Å². The molecule has 0 aliphatic rings. The van der Waals surface area contributed by atoms with Gasteiger partial charge in [-0.05, 0) is 29.3 Å². The highest BCUT2D eigenvalue weighted by Crippen LogP contribution is 2.19. The Balaban J connectivity index is 1.64. The normalized spacial score (nSPS) is 10.4. The first-order valence-corrected chi connectivity index (χ1v) is 9.30. The van der Waals surface area contributed by atoms with E-state index in [1.54, 1.807) is 60.1 Å². The van der Waals surface area contributed by atoms with Gasteiger partial charge in [-0.1, -0.05) is 12.1 Å². The lowest BCUT2D eigenvalue weighted by atomic mass is 10.2. The lowest BCUT2D eigenvalue weighted by molar-refractivity contribution is 0.0785. The molecule has 0 saturated heterocycles. The van der Waals surface area contributed by atoms with E-state index in [1.165, 1.54) is 11.3 Å². The molecule has 3 heterocycles. The second-order valence-electron chi connectivity index (χ2n) is 6.24. The highest BCUT2D eigenvalue weighted by molar-refractivity contribution is 7.12. The Kier molecular flexibility index (Phi) is 5.93. The minimum Gasteiger partial charge on any atom is -0.337 e. The molecule has 27 heavy (non-hydrogen) atoms. The molecular formula is C20H20N4O2S. The van der Waals surface area contributed by atoms with Crippen molar-refractivity contribution in [1.29, 1.82) is 0 Å². The van der Waals surface area contributed by atoms with Gasteiger partial charge in [0.1, 0.15) is 0 Å². The minimum atomic E-state index is -0.121. The summed E-state index contributed by atoms with van der Waals surface area (Å²) in [4.78, 5) is 37.2. The molecule has 0 bridgehead atoms. The molecule has 0 unspecified atom stereocenters. The third kappa shape index (κ3) is 4.77. The molecular weight excluding hydrogens is 360 g/mol. The highest BCUT2D eigenvalue weighted by atomic mass is 32.1. The monoisotopic (exact) mass is 380 g/mol. The van der Waals surface area contributed by atoms with E-state index in [9.17, 15) is 9.59 Å². The number of hydrogen-bond donors (Lipinski definition) is 0. The van der Waals surface area contributed by atoms with Gasteiger partial charge in [0.05, 0.1) is 10.4 Å². The second kappa shape index (κ2) is 8.55. The van der Waals surface area contributed by atoms with Crippen molar-refractivity contribution >= 4 is 23.2 Å². The summed E-state index contributed by atoms with van der Waals surface area (Å²) in [5, 5.41) is 1.73. The van der Waals surface area contributed by atoms with E-state index in [-0.39, 0.29) is 11.8 Å². The van der Waals surface area contributed by atoms with Crippen LogP contribution in [-0.4, -0.2) is 45.7 Å². The molecule has 6 nitrogen and oxygen atoms in total. The van der Waals surface area contributed by atoms with Gasteiger partial charge in [-0.2, -0.15) is 0 Å². The first-order valence-electron chi connectivity index (χ1n) is 8.42. The van der Waals surface area contributed by atoms with E-state index in [4.69, 9.17) is 0 Å². The zero-order chi connectivity index (χ0) is 19.2. The fraction of sp³-hybridized carbons (Fsp3) is 0.200. The maximum absolute atomic E-state index is 12.6. The summed E-state index contributed by atoms with van der Waals surface area (Å²) < 4.78 is 0. The summed E-state index contributed by atoms with van der Waals surface area (Å²) in [5.41, 5.74) is 2.43. The van der Waals surface area contributed by atoms with Crippen molar-refractivity contribution < 1.29 is 9.59 Å². The summed E-state index contributed by atoms with van der Waals surface area (Å²) >= 11 is 1.28. The molecule has 0 aromatic carbocycles. The third-order valence-electron chi connectivity index (χ3n) is 4.04. The molecule has 0 aliphatic heterocycles. The number of hydrogen-bond acceptors (Lipinski definition) is 5. The zero-order valence-electron chi connectivity index (χ0n) is 15.2. The first-order chi connectivity index (χ1) is 13.0. The number of amides is 2. The van der Waals surface area contributed by atoms with Crippen LogP contribution in [0, 0.1) is 0 Å². The lowest BCUT2D eigenvalue weighted by Crippen LogP contribution is -2.26. The lowest BCUT2D eigenvalue weighted by Gasteiger charge is -2.17. The largest absolute Gasteiger partial charge is 0.337 e. The average molecular weight is 380 g/mol. The smallest absolute Gasteiger partial charge is 0.263 e. The molecule has 0 aliphatic carbocycles. The number of rotatable bonds is 6. The maximum atomic E-state index is 12.6. The molecule has 0 radical (unpaired) electrons. The summed E-state index contributed by atoms with van der Waals surface area (Å²) in [6, 6.07) is 9.19. The van der Waals surface area contributed by atoms with Crippen LogP contribution in [0.1, 0.15) is 31.2 Å². The van der Waals surface area contributed by atoms with E-state index in [0.717, 1.165) is 11.1 Å². The Hall–Kier alpha value is -3.06. The molecule has 3 aromatic heterocycles. The fourth-order valence-electron chi connectivity index (χ4n) is 2.64. The Morgan fingerprint density at radius 2 is 1.48 bits per heavy atom. The molecule has 0 saturated carbocycles. The Morgan fingerprint density at radius 1 is 0.926 bits per heavy atom. The summed E-state index contributed by atoms with van der Waals surface area (Å²) in [5.74, 6) is -0.234. The second-order valence-corrected chi connectivity index (χ2v) is 7.16. The van der Waals surface area contributed by atoms with Crippen LogP contribution in [0.4, 0.5) is 0 Å². The molecule has 7 heteroatoms. The predicted octanol–water partition coefficient (Wildman–Crippen LogP) is 3.08. The highest BCUT2D eigenvalue weighted by Gasteiger charge is 2.19. The number of carbonyl (C=O) groups excluding carboxylic acids is 2. The number of nitrogens with zero attached hydrogens (tertiary/aromatic N) is 4. The van der Waals surface area contributed by atoms with E-state index in [2.05, 4.69) is 9.97 Å². The molecule has 0 N–H and O–H groups in total. The van der Waals surface area contributed by atoms with Crippen LogP contribution in [0.15, 0.2) is 60.5 Å². The first kappa shape index (κ1) is 18.7. The van der Waals surface area contributed by atoms with Crippen molar-refractivity contribution in [2.75, 3.05) is 14.1 Å². The van der Waals surface area contributed by atoms with Crippen LogP contribution in [0.5, 0.6) is 0 Å². The van der Waals surface area contributed by atoms with Crippen LogP contribution in [-0.2, 0) is 13.1 Å². The number of aromatic nitrogens is 2. The topological polar surface area (TPSA) is 66.4 Å². The van der Waals surface area contributed by atoms with Crippen molar-refractivity contribution in [3.63, 3.8) is 0 Å². The van der Waals surface area contributed by atoms with Gasteiger partial charge in [-0.3, -0.25) is 19.6 Å². The van der Waals surface area contributed by atoms with E-state index < -0.39 is 0 Å². The SMILES string of the molecule is CN(Cc1cccnc1)C(=O)c1csc(C(=O)N(C)Cc2cccnc2)c1. The fourth-order valence-corrected chi connectivity index (χ4v) is 3.52. The molecule has 0 spiro atoms. The number of thiophene rings is 1. The predicted molar refractivity (Wildman–Crippen MR) is 104 cm³/mol. The molecule has 3 aromatic rings. The van der Waals surface area contributed by atoms with E-state index in [1.807, 2.05) is 24.3 Å². The third-order valence-corrected chi connectivity index (χ3v) is 4.95.